The van der Waals surface area contributed by atoms with E-state index in [0.717, 1.165) is 37.9 Å². The van der Waals surface area contributed by atoms with Gasteiger partial charge in [-0.3, -0.25) is 9.59 Å². The van der Waals surface area contributed by atoms with E-state index in [0.29, 0.717) is 18.7 Å². The fourth-order valence-corrected chi connectivity index (χ4v) is 4.86. The van der Waals surface area contributed by atoms with Crippen molar-refractivity contribution in [2.24, 2.45) is 0 Å². The number of piperazine rings is 1. The van der Waals surface area contributed by atoms with Gasteiger partial charge in [0.1, 0.15) is 6.04 Å². The number of carbonyl (C=O) groups excluding carboxylic acids is 1. The molecule has 1 fully saturated rings. The van der Waals surface area contributed by atoms with Crippen LogP contribution in [-0.2, 0) is 4.79 Å². The summed E-state index contributed by atoms with van der Waals surface area (Å²) < 4.78 is 3.40. The van der Waals surface area contributed by atoms with E-state index < -0.39 is 12.0 Å². The van der Waals surface area contributed by atoms with Gasteiger partial charge in [-0.1, -0.05) is 35.9 Å². The van der Waals surface area contributed by atoms with Gasteiger partial charge in [0.05, 0.1) is 0 Å². The van der Waals surface area contributed by atoms with Crippen molar-refractivity contribution in [2.45, 2.75) is 24.8 Å². The molecule has 3 aromatic carbocycles. The van der Waals surface area contributed by atoms with E-state index in [1.165, 1.54) is 0 Å². The van der Waals surface area contributed by atoms with Crippen molar-refractivity contribution < 1.29 is 14.7 Å². The van der Waals surface area contributed by atoms with E-state index in [9.17, 15) is 14.7 Å². The van der Waals surface area contributed by atoms with E-state index in [-0.39, 0.29) is 12.5 Å². The number of aryl methyl sites for hydroxylation is 2. The van der Waals surface area contributed by atoms with Gasteiger partial charge in [0.2, 0.25) is 0 Å². The summed E-state index contributed by atoms with van der Waals surface area (Å²) in [7, 11) is 0. The second kappa shape index (κ2) is 10.5. The predicted octanol–water partition coefficient (Wildman–Crippen LogP) is 5.24. The Morgan fingerprint density at radius 2 is 1.82 bits per heavy atom. The Labute approximate surface area is 208 Å². The molecule has 1 aliphatic heterocycles. The lowest BCUT2D eigenvalue weighted by Crippen LogP contribution is -2.55. The lowest BCUT2D eigenvalue weighted by Gasteiger charge is -2.31. The van der Waals surface area contributed by atoms with Gasteiger partial charge in [-0.25, -0.2) is 0 Å². The summed E-state index contributed by atoms with van der Waals surface area (Å²) in [6.45, 7) is 5.15. The molecule has 1 aliphatic rings. The summed E-state index contributed by atoms with van der Waals surface area (Å²) >= 11 is 7.75. The maximum Gasteiger partial charge on any atom is 0.322 e. The zero-order chi connectivity index (χ0) is 24.2. The number of aliphatic carboxylic acids is 1. The minimum Gasteiger partial charge on any atom is -0.480 e. The summed E-state index contributed by atoms with van der Waals surface area (Å²) in [6, 6.07) is 18.8. The molecular weight excluding hydrogens is 470 g/mol. The van der Waals surface area contributed by atoms with Crippen LogP contribution < -0.4 is 10.0 Å². The molecule has 0 aromatic heterocycles. The minimum atomic E-state index is -0.944. The average molecular weight is 496 g/mol. The molecule has 1 unspecified atom stereocenters. The number of carboxylic acid groups (broad SMARTS) is 1. The van der Waals surface area contributed by atoms with Crippen molar-refractivity contribution in [2.75, 3.05) is 24.4 Å². The third-order valence-electron chi connectivity index (χ3n) is 5.82. The van der Waals surface area contributed by atoms with Crippen LogP contribution in [0, 0.1) is 13.8 Å². The number of amides is 1. The van der Waals surface area contributed by atoms with E-state index in [4.69, 9.17) is 11.6 Å². The molecule has 8 heteroatoms. The Bertz CT molecular complexity index is 1220. The standard InChI is InChI=1S/C26H26ClN3O3S/c1-16-13-24(17(2)12-22(16)27)34-29-21-5-3-4-20(14-21)18-6-8-19(9-7-18)25(31)30-11-10-28-23(15-30)26(32)33/h3-9,12-14,23,28-29H,10-11,15H2,1-2H3,(H,32,33). The Morgan fingerprint density at radius 1 is 1.06 bits per heavy atom. The normalized spacial score (nSPS) is 15.7. The van der Waals surface area contributed by atoms with Gasteiger partial charge in [-0.2, -0.15) is 0 Å². The molecule has 3 aromatic rings. The van der Waals surface area contributed by atoms with E-state index in [1.807, 2.05) is 50.2 Å². The molecule has 0 spiro atoms. The molecule has 176 valence electrons. The number of hydrogen-bond donors (Lipinski definition) is 3. The van der Waals surface area contributed by atoms with E-state index in [1.54, 1.807) is 29.0 Å². The van der Waals surface area contributed by atoms with Crippen LogP contribution in [0.15, 0.2) is 65.6 Å². The summed E-state index contributed by atoms with van der Waals surface area (Å²) in [6.07, 6.45) is 0. The quantitative estimate of drug-likeness (QED) is 0.406. The Balaban J connectivity index is 1.44. The van der Waals surface area contributed by atoms with Crippen molar-refractivity contribution >= 4 is 41.1 Å². The van der Waals surface area contributed by atoms with E-state index >= 15 is 0 Å². The molecule has 6 nitrogen and oxygen atoms in total. The predicted molar refractivity (Wildman–Crippen MR) is 138 cm³/mol. The summed E-state index contributed by atoms with van der Waals surface area (Å²) in [5.74, 6) is -1.10. The van der Waals surface area contributed by atoms with Crippen LogP contribution in [0.3, 0.4) is 0 Å². The second-order valence-electron chi connectivity index (χ2n) is 8.33. The zero-order valence-electron chi connectivity index (χ0n) is 19.0. The number of anilines is 1. The fourth-order valence-electron chi connectivity index (χ4n) is 3.83. The number of halogens is 1. The minimum absolute atomic E-state index is 0.153. The highest BCUT2D eigenvalue weighted by molar-refractivity contribution is 8.00. The van der Waals surface area contributed by atoms with Gasteiger partial charge in [-0.05, 0) is 84.4 Å². The van der Waals surface area contributed by atoms with Crippen LogP contribution in [0.4, 0.5) is 5.69 Å². The maximum atomic E-state index is 12.8. The largest absolute Gasteiger partial charge is 0.480 e. The molecule has 1 amide bonds. The van der Waals surface area contributed by atoms with Crippen LogP contribution in [0.5, 0.6) is 0 Å². The third-order valence-corrected chi connectivity index (χ3v) is 7.23. The molecule has 34 heavy (non-hydrogen) atoms. The van der Waals surface area contributed by atoms with Crippen molar-refractivity contribution in [1.29, 1.82) is 0 Å². The molecule has 0 radical (unpaired) electrons. The molecule has 0 aliphatic carbocycles. The highest BCUT2D eigenvalue weighted by atomic mass is 35.5. The molecule has 1 atom stereocenters. The molecule has 4 rings (SSSR count). The topological polar surface area (TPSA) is 81.7 Å². The first-order chi connectivity index (χ1) is 16.3. The lowest BCUT2D eigenvalue weighted by atomic mass is 10.0. The third kappa shape index (κ3) is 5.55. The second-order valence-corrected chi connectivity index (χ2v) is 9.58. The van der Waals surface area contributed by atoms with Crippen LogP contribution in [-0.4, -0.2) is 47.6 Å². The first kappa shape index (κ1) is 24.1. The number of benzene rings is 3. The van der Waals surface area contributed by atoms with Crippen LogP contribution in [0.25, 0.3) is 11.1 Å². The van der Waals surface area contributed by atoms with Crippen molar-refractivity contribution in [3.63, 3.8) is 0 Å². The zero-order valence-corrected chi connectivity index (χ0v) is 20.5. The number of carbonyl (C=O) groups is 2. The molecule has 0 bridgehead atoms. The van der Waals surface area contributed by atoms with Crippen LogP contribution in [0.1, 0.15) is 21.5 Å². The van der Waals surface area contributed by atoms with Gasteiger partial charge in [0.15, 0.2) is 0 Å². The Kier molecular flexibility index (Phi) is 7.46. The van der Waals surface area contributed by atoms with Crippen LogP contribution >= 0.6 is 23.5 Å². The average Bonchev–Trinajstić information content (AvgIpc) is 2.85. The van der Waals surface area contributed by atoms with Gasteiger partial charge < -0.3 is 20.0 Å². The van der Waals surface area contributed by atoms with Crippen LogP contribution in [0.2, 0.25) is 5.02 Å². The summed E-state index contributed by atoms with van der Waals surface area (Å²) in [4.78, 5) is 26.8. The summed E-state index contributed by atoms with van der Waals surface area (Å²) in [5.41, 5.74) is 5.69. The number of rotatable bonds is 6. The Hall–Kier alpha value is -3.00. The van der Waals surface area contributed by atoms with Crippen molar-refractivity contribution in [3.05, 3.63) is 82.4 Å². The fraction of sp³-hybridized carbons (Fsp3) is 0.231. The van der Waals surface area contributed by atoms with Gasteiger partial charge in [-0.15, -0.1) is 0 Å². The molecule has 1 saturated heterocycles. The highest BCUT2D eigenvalue weighted by Crippen LogP contribution is 2.30. The van der Waals surface area contributed by atoms with Crippen molar-refractivity contribution in [1.82, 2.24) is 10.2 Å². The van der Waals surface area contributed by atoms with Gasteiger partial charge in [0, 0.05) is 40.8 Å². The summed E-state index contributed by atoms with van der Waals surface area (Å²) in [5, 5.41) is 12.9. The van der Waals surface area contributed by atoms with E-state index in [2.05, 4.69) is 22.2 Å². The smallest absolute Gasteiger partial charge is 0.322 e. The molecular formula is C26H26ClN3O3S. The molecule has 1 heterocycles. The first-order valence-corrected chi connectivity index (χ1v) is 12.2. The molecule has 0 saturated carbocycles. The SMILES string of the molecule is Cc1cc(SNc2cccc(-c3ccc(C(=O)N4CCNC(C(=O)O)C4)cc3)c2)c(C)cc1Cl. The Morgan fingerprint density at radius 3 is 2.56 bits per heavy atom. The van der Waals surface area contributed by atoms with Crippen molar-refractivity contribution in [3.8, 4) is 11.1 Å². The number of hydrogen-bond acceptors (Lipinski definition) is 5. The number of carboxylic acids is 1. The first-order valence-electron chi connectivity index (χ1n) is 11.0. The lowest BCUT2D eigenvalue weighted by molar-refractivity contribution is -0.140. The number of nitrogens with zero attached hydrogens (tertiary/aromatic N) is 1. The van der Waals surface area contributed by atoms with Gasteiger partial charge >= 0.3 is 5.97 Å². The van der Waals surface area contributed by atoms with Gasteiger partial charge in [0.25, 0.3) is 5.91 Å². The highest BCUT2D eigenvalue weighted by Gasteiger charge is 2.28. The molecule has 3 N–H and O–H groups in total. The number of nitrogens with one attached hydrogen (secondary N) is 2. The maximum absolute atomic E-state index is 12.8. The monoisotopic (exact) mass is 495 g/mol.